The van der Waals surface area contributed by atoms with Crippen LogP contribution < -0.4 is 5.32 Å². The van der Waals surface area contributed by atoms with Gasteiger partial charge in [-0.2, -0.15) is 5.10 Å². The zero-order chi connectivity index (χ0) is 13.2. The third-order valence-electron chi connectivity index (χ3n) is 4.13. The fraction of sp³-hybridized carbons (Fsp3) is 0.800. The van der Waals surface area contributed by atoms with Crippen LogP contribution in [0.3, 0.4) is 0 Å². The largest absolute Gasteiger partial charge is 0.314 e. The van der Waals surface area contributed by atoms with Crippen molar-refractivity contribution in [1.82, 2.24) is 15.1 Å². The minimum Gasteiger partial charge on any atom is -0.314 e. The quantitative estimate of drug-likeness (QED) is 0.868. The molecule has 1 aliphatic carbocycles. The monoisotopic (exact) mass is 249 g/mol. The average Bonchev–Trinajstić information content (AvgIpc) is 2.87. The maximum absolute atomic E-state index is 4.69. The van der Waals surface area contributed by atoms with Gasteiger partial charge in [-0.15, -0.1) is 0 Å². The normalized spacial score (nSPS) is 28.2. The van der Waals surface area contributed by atoms with Crippen LogP contribution in [0.25, 0.3) is 0 Å². The Morgan fingerprint density at radius 3 is 2.94 bits per heavy atom. The molecule has 2 rings (SSSR count). The first-order chi connectivity index (χ1) is 8.52. The SMILES string of the molecule is CCNC1CCC(C)(Cc2ccn(C(C)C)n2)C1. The van der Waals surface area contributed by atoms with Gasteiger partial charge in [0, 0.05) is 18.3 Å². The lowest BCUT2D eigenvalue weighted by molar-refractivity contribution is 0.317. The molecule has 0 spiro atoms. The summed E-state index contributed by atoms with van der Waals surface area (Å²) >= 11 is 0. The first kappa shape index (κ1) is 13.6. The van der Waals surface area contributed by atoms with Crippen molar-refractivity contribution in [2.75, 3.05) is 6.54 Å². The third kappa shape index (κ3) is 3.14. The molecule has 0 aliphatic heterocycles. The minimum atomic E-state index is 0.434. The van der Waals surface area contributed by atoms with E-state index in [9.17, 15) is 0 Å². The Morgan fingerprint density at radius 2 is 2.33 bits per heavy atom. The molecule has 0 amide bonds. The molecular formula is C15H27N3. The van der Waals surface area contributed by atoms with E-state index in [0.29, 0.717) is 17.5 Å². The van der Waals surface area contributed by atoms with Crippen LogP contribution in [0.4, 0.5) is 0 Å². The fourth-order valence-corrected chi connectivity index (χ4v) is 3.14. The van der Waals surface area contributed by atoms with Gasteiger partial charge in [0.2, 0.25) is 0 Å². The van der Waals surface area contributed by atoms with Gasteiger partial charge in [0.15, 0.2) is 0 Å². The van der Waals surface area contributed by atoms with E-state index in [-0.39, 0.29) is 0 Å². The van der Waals surface area contributed by atoms with Crippen LogP contribution >= 0.6 is 0 Å². The molecule has 1 aromatic rings. The first-order valence-corrected chi connectivity index (χ1v) is 7.30. The van der Waals surface area contributed by atoms with Crippen molar-refractivity contribution in [2.45, 2.75) is 65.5 Å². The summed E-state index contributed by atoms with van der Waals surface area (Å²) in [5.74, 6) is 0. The van der Waals surface area contributed by atoms with E-state index in [1.165, 1.54) is 25.0 Å². The van der Waals surface area contributed by atoms with Crippen LogP contribution in [0, 0.1) is 5.41 Å². The topological polar surface area (TPSA) is 29.9 Å². The maximum atomic E-state index is 4.69. The first-order valence-electron chi connectivity index (χ1n) is 7.30. The smallest absolute Gasteiger partial charge is 0.0630 e. The number of nitrogens with zero attached hydrogens (tertiary/aromatic N) is 2. The van der Waals surface area contributed by atoms with Crippen molar-refractivity contribution in [3.05, 3.63) is 18.0 Å². The highest BCUT2D eigenvalue weighted by molar-refractivity contribution is 5.05. The van der Waals surface area contributed by atoms with Crippen LogP contribution in [0.2, 0.25) is 0 Å². The lowest BCUT2D eigenvalue weighted by Gasteiger charge is -2.23. The van der Waals surface area contributed by atoms with Crippen LogP contribution in [-0.2, 0) is 6.42 Å². The van der Waals surface area contributed by atoms with E-state index in [4.69, 9.17) is 0 Å². The van der Waals surface area contributed by atoms with E-state index in [1.54, 1.807) is 0 Å². The van der Waals surface area contributed by atoms with E-state index < -0.39 is 0 Å². The molecule has 18 heavy (non-hydrogen) atoms. The van der Waals surface area contributed by atoms with Crippen molar-refractivity contribution < 1.29 is 0 Å². The molecule has 0 bridgehead atoms. The molecule has 2 unspecified atom stereocenters. The number of rotatable bonds is 5. The molecule has 3 nitrogen and oxygen atoms in total. The molecule has 0 radical (unpaired) electrons. The minimum absolute atomic E-state index is 0.434. The van der Waals surface area contributed by atoms with E-state index in [2.05, 4.69) is 55.1 Å². The van der Waals surface area contributed by atoms with Gasteiger partial charge in [-0.1, -0.05) is 13.8 Å². The summed E-state index contributed by atoms with van der Waals surface area (Å²) in [4.78, 5) is 0. The molecule has 0 aromatic carbocycles. The predicted octanol–water partition coefficient (Wildman–Crippen LogP) is 3.17. The Kier molecular flexibility index (Phi) is 4.10. The second kappa shape index (κ2) is 5.43. The lowest BCUT2D eigenvalue weighted by atomic mass is 9.83. The highest BCUT2D eigenvalue weighted by atomic mass is 15.3. The van der Waals surface area contributed by atoms with Crippen molar-refractivity contribution in [2.24, 2.45) is 5.41 Å². The summed E-state index contributed by atoms with van der Waals surface area (Å²) in [6, 6.07) is 3.36. The molecule has 1 heterocycles. The molecule has 2 atom stereocenters. The summed E-state index contributed by atoms with van der Waals surface area (Å²) < 4.78 is 2.06. The van der Waals surface area contributed by atoms with Gasteiger partial charge >= 0.3 is 0 Å². The number of nitrogens with one attached hydrogen (secondary N) is 1. The lowest BCUT2D eigenvalue weighted by Crippen LogP contribution is -2.28. The highest BCUT2D eigenvalue weighted by Gasteiger charge is 2.35. The van der Waals surface area contributed by atoms with Crippen molar-refractivity contribution in [3.8, 4) is 0 Å². The predicted molar refractivity (Wildman–Crippen MR) is 75.7 cm³/mol. The Balaban J connectivity index is 1.96. The number of hydrogen-bond donors (Lipinski definition) is 1. The summed E-state index contributed by atoms with van der Waals surface area (Å²) in [6.45, 7) is 10.0. The molecular weight excluding hydrogens is 222 g/mol. The van der Waals surface area contributed by atoms with E-state index >= 15 is 0 Å². The van der Waals surface area contributed by atoms with Gasteiger partial charge in [0.25, 0.3) is 0 Å². The Hall–Kier alpha value is -0.830. The van der Waals surface area contributed by atoms with Gasteiger partial charge in [-0.05, 0) is 57.6 Å². The Labute approximate surface area is 111 Å². The zero-order valence-electron chi connectivity index (χ0n) is 12.2. The van der Waals surface area contributed by atoms with Crippen LogP contribution in [0.1, 0.15) is 58.7 Å². The number of hydrogen-bond acceptors (Lipinski definition) is 2. The van der Waals surface area contributed by atoms with Crippen LogP contribution in [0.15, 0.2) is 12.3 Å². The van der Waals surface area contributed by atoms with E-state index in [1.807, 2.05) is 0 Å². The molecule has 0 saturated heterocycles. The van der Waals surface area contributed by atoms with Crippen molar-refractivity contribution in [1.29, 1.82) is 0 Å². The van der Waals surface area contributed by atoms with Gasteiger partial charge in [-0.3, -0.25) is 4.68 Å². The molecule has 1 N–H and O–H groups in total. The fourth-order valence-electron chi connectivity index (χ4n) is 3.14. The second-order valence-electron chi connectivity index (χ2n) is 6.37. The zero-order valence-corrected chi connectivity index (χ0v) is 12.2. The summed E-state index contributed by atoms with van der Waals surface area (Å²) in [6.07, 6.45) is 7.15. The number of aromatic nitrogens is 2. The molecule has 3 heteroatoms. The summed E-state index contributed by atoms with van der Waals surface area (Å²) in [5.41, 5.74) is 1.69. The van der Waals surface area contributed by atoms with Gasteiger partial charge in [-0.25, -0.2) is 0 Å². The second-order valence-corrected chi connectivity index (χ2v) is 6.37. The van der Waals surface area contributed by atoms with Crippen LogP contribution in [-0.4, -0.2) is 22.4 Å². The Bertz CT molecular complexity index is 383. The molecule has 102 valence electrons. The van der Waals surface area contributed by atoms with Gasteiger partial charge in [0.05, 0.1) is 5.69 Å². The average molecular weight is 249 g/mol. The summed E-state index contributed by atoms with van der Waals surface area (Å²) in [7, 11) is 0. The molecule has 1 aliphatic rings. The summed E-state index contributed by atoms with van der Waals surface area (Å²) in [5, 5.41) is 8.27. The molecule has 1 saturated carbocycles. The standard InChI is InChI=1S/C15H27N3/c1-5-16-13-6-8-15(4,10-13)11-14-7-9-18(17-14)12(2)3/h7,9,12-13,16H,5-6,8,10-11H2,1-4H3. The maximum Gasteiger partial charge on any atom is 0.0630 e. The van der Waals surface area contributed by atoms with Gasteiger partial charge in [0.1, 0.15) is 0 Å². The highest BCUT2D eigenvalue weighted by Crippen LogP contribution is 2.40. The third-order valence-corrected chi connectivity index (χ3v) is 4.13. The van der Waals surface area contributed by atoms with Crippen molar-refractivity contribution in [3.63, 3.8) is 0 Å². The van der Waals surface area contributed by atoms with E-state index in [0.717, 1.165) is 13.0 Å². The van der Waals surface area contributed by atoms with Crippen molar-refractivity contribution >= 4 is 0 Å². The van der Waals surface area contributed by atoms with Gasteiger partial charge < -0.3 is 5.32 Å². The van der Waals surface area contributed by atoms with Crippen LogP contribution in [0.5, 0.6) is 0 Å². The molecule has 1 fully saturated rings. The molecule has 1 aromatic heterocycles. The Morgan fingerprint density at radius 1 is 1.56 bits per heavy atom.